The first-order chi connectivity index (χ1) is 9.58. The van der Waals surface area contributed by atoms with Gasteiger partial charge in [-0.15, -0.1) is 0 Å². The van der Waals surface area contributed by atoms with Crippen molar-refractivity contribution in [2.45, 2.75) is 19.4 Å². The van der Waals surface area contributed by atoms with E-state index in [0.29, 0.717) is 11.4 Å². The fourth-order valence-corrected chi connectivity index (χ4v) is 1.84. The van der Waals surface area contributed by atoms with Gasteiger partial charge in [0.1, 0.15) is 18.5 Å². The van der Waals surface area contributed by atoms with Crippen LogP contribution in [0.1, 0.15) is 13.3 Å². The molecule has 0 aromatic heterocycles. The second-order valence-electron chi connectivity index (χ2n) is 3.98. The highest BCUT2D eigenvalue weighted by Gasteiger charge is 2.05. The molecule has 112 valence electrons. The van der Waals surface area contributed by atoms with Crippen LogP contribution in [-0.4, -0.2) is 38.3 Å². The van der Waals surface area contributed by atoms with E-state index in [9.17, 15) is 8.76 Å². The summed E-state index contributed by atoms with van der Waals surface area (Å²) in [6.45, 7) is 1.51. The molecule has 7 heteroatoms. The maximum absolute atomic E-state index is 11.1. The van der Waals surface area contributed by atoms with E-state index >= 15 is 0 Å². The Morgan fingerprint density at radius 1 is 1.45 bits per heavy atom. The van der Waals surface area contributed by atoms with Gasteiger partial charge in [-0.25, -0.2) is 0 Å². The molecule has 20 heavy (non-hydrogen) atoms. The zero-order chi connectivity index (χ0) is 15.0. The minimum Gasteiger partial charge on any atom is -0.755 e. The van der Waals surface area contributed by atoms with Gasteiger partial charge in [-0.05, 0) is 30.7 Å². The van der Waals surface area contributed by atoms with E-state index in [4.69, 9.17) is 14.9 Å². The zero-order valence-corrected chi connectivity index (χ0v) is 12.0. The molecule has 0 aliphatic heterocycles. The number of allylic oxidation sites excluding steroid dienone is 1. The minimum absolute atomic E-state index is 0.0250. The van der Waals surface area contributed by atoms with Crippen molar-refractivity contribution in [3.63, 3.8) is 0 Å². The molecule has 1 aromatic rings. The Morgan fingerprint density at radius 2 is 2.10 bits per heavy atom. The third kappa shape index (κ3) is 5.30. The predicted molar refractivity (Wildman–Crippen MR) is 75.9 cm³/mol. The van der Waals surface area contributed by atoms with Gasteiger partial charge in [0.05, 0.1) is 23.6 Å². The molecule has 0 bridgehead atoms. The highest BCUT2D eigenvalue weighted by molar-refractivity contribution is 7.80. The number of hydrogen-bond donors (Lipinski definition) is 2. The summed E-state index contributed by atoms with van der Waals surface area (Å²) in [5.74, 6) is 0.484. The van der Waals surface area contributed by atoms with Crippen molar-refractivity contribution in [3.8, 4) is 5.75 Å². The summed E-state index contributed by atoms with van der Waals surface area (Å²) in [5.41, 5.74) is 0.484. The van der Waals surface area contributed by atoms with Crippen LogP contribution in [0.2, 0.25) is 0 Å². The lowest BCUT2D eigenvalue weighted by Crippen LogP contribution is -2.21. The van der Waals surface area contributed by atoms with Crippen molar-refractivity contribution in [1.82, 2.24) is 0 Å². The Bertz CT molecular complexity index is 449. The topological polar surface area (TPSA) is 93.1 Å². The van der Waals surface area contributed by atoms with Crippen LogP contribution in [0.3, 0.4) is 0 Å². The van der Waals surface area contributed by atoms with Crippen LogP contribution >= 0.6 is 0 Å². The summed E-state index contributed by atoms with van der Waals surface area (Å²) in [7, 11) is 0. The first kappa shape index (κ1) is 16.6. The Morgan fingerprint density at radius 3 is 2.60 bits per heavy atom. The van der Waals surface area contributed by atoms with Gasteiger partial charge in [-0.3, -0.25) is 8.51 Å². The quantitative estimate of drug-likeness (QED) is 0.697. The predicted octanol–water partition coefficient (Wildman–Crippen LogP) is 0.943. The highest BCUT2D eigenvalue weighted by atomic mass is 32.2. The lowest BCUT2D eigenvalue weighted by Gasteiger charge is -2.22. The Hall–Kier alpha value is -1.41. The van der Waals surface area contributed by atoms with Gasteiger partial charge in [0.25, 0.3) is 0 Å². The average molecular weight is 300 g/mol. The molecular weight excluding hydrogens is 282 g/mol. The van der Waals surface area contributed by atoms with Crippen molar-refractivity contribution in [2.24, 2.45) is 0 Å². The maximum Gasteiger partial charge on any atom is 0.119 e. The molecular formula is C13H18NO5S-. The van der Waals surface area contributed by atoms with E-state index in [0.717, 1.165) is 10.7 Å². The number of hydrogen-bond acceptors (Lipinski definition) is 5. The number of anilines is 1. The average Bonchev–Trinajstić information content (AvgIpc) is 2.46. The third-order valence-electron chi connectivity index (χ3n) is 2.38. The van der Waals surface area contributed by atoms with Gasteiger partial charge in [0.15, 0.2) is 0 Å². The van der Waals surface area contributed by atoms with Crippen molar-refractivity contribution < 1.29 is 23.7 Å². The molecule has 2 unspecified atom stereocenters. The van der Waals surface area contributed by atoms with E-state index < -0.39 is 17.4 Å². The van der Waals surface area contributed by atoms with Crippen LogP contribution in [0.5, 0.6) is 5.75 Å². The summed E-state index contributed by atoms with van der Waals surface area (Å²) >= 11 is -2.39. The highest BCUT2D eigenvalue weighted by Crippen LogP contribution is 2.21. The molecule has 1 rings (SSSR count). The SMILES string of the molecule is CCC=CN(c1ccc(OCC(O)CO)cc1)S(=O)[O-]. The van der Waals surface area contributed by atoms with Gasteiger partial charge >= 0.3 is 0 Å². The zero-order valence-electron chi connectivity index (χ0n) is 11.1. The number of aliphatic hydroxyl groups is 2. The standard InChI is InChI=1S/C13H19NO5S/c1-2-3-8-14(20(17)18)11-4-6-13(7-5-11)19-10-12(16)9-15/h3-8,12,15-16H,2,9-10H2,1H3,(H,17,18)/p-1. The first-order valence-corrected chi connectivity index (χ1v) is 7.18. The second-order valence-corrected chi connectivity index (χ2v) is 4.80. The Balaban J connectivity index is 2.73. The van der Waals surface area contributed by atoms with Gasteiger partial charge in [-0.2, -0.15) is 0 Å². The van der Waals surface area contributed by atoms with E-state index in [2.05, 4.69) is 0 Å². The van der Waals surface area contributed by atoms with Gasteiger partial charge in [0, 0.05) is 6.20 Å². The molecule has 0 fully saturated rings. The molecule has 2 N–H and O–H groups in total. The molecule has 2 atom stereocenters. The maximum atomic E-state index is 11.1. The first-order valence-electron chi connectivity index (χ1n) is 6.15. The van der Waals surface area contributed by atoms with Crippen molar-refractivity contribution in [1.29, 1.82) is 0 Å². The fraction of sp³-hybridized carbons (Fsp3) is 0.385. The summed E-state index contributed by atoms with van der Waals surface area (Å²) in [6, 6.07) is 6.38. The lowest BCUT2D eigenvalue weighted by molar-refractivity contribution is 0.0536. The summed E-state index contributed by atoms with van der Waals surface area (Å²) in [5, 5.41) is 17.8. The van der Waals surface area contributed by atoms with Gasteiger partial charge in [0.2, 0.25) is 0 Å². The second kappa shape index (κ2) is 8.70. The lowest BCUT2D eigenvalue weighted by atomic mass is 10.3. The molecule has 6 nitrogen and oxygen atoms in total. The number of rotatable bonds is 8. The summed E-state index contributed by atoms with van der Waals surface area (Å²) in [4.78, 5) is 0. The summed E-state index contributed by atoms with van der Waals surface area (Å²) < 4.78 is 28.6. The minimum atomic E-state index is -2.39. The van der Waals surface area contributed by atoms with Crippen LogP contribution in [0, 0.1) is 0 Å². The molecule has 0 saturated heterocycles. The van der Waals surface area contributed by atoms with Crippen molar-refractivity contribution >= 4 is 17.0 Å². The van der Waals surface area contributed by atoms with Crippen LogP contribution in [0.4, 0.5) is 5.69 Å². The Kier molecular flexibility index (Phi) is 7.24. The van der Waals surface area contributed by atoms with Crippen LogP contribution < -0.4 is 9.04 Å². The number of aliphatic hydroxyl groups excluding tert-OH is 2. The van der Waals surface area contributed by atoms with E-state index in [1.807, 2.05) is 6.92 Å². The largest absolute Gasteiger partial charge is 0.755 e. The molecule has 0 amide bonds. The fourth-order valence-electron chi connectivity index (χ4n) is 1.36. The van der Waals surface area contributed by atoms with E-state index in [-0.39, 0.29) is 13.2 Å². The van der Waals surface area contributed by atoms with E-state index in [1.54, 1.807) is 30.3 Å². The molecule has 1 aromatic carbocycles. The number of ether oxygens (including phenoxy) is 1. The van der Waals surface area contributed by atoms with E-state index in [1.165, 1.54) is 6.20 Å². The smallest absolute Gasteiger partial charge is 0.119 e. The van der Waals surface area contributed by atoms with Crippen molar-refractivity contribution in [2.75, 3.05) is 17.5 Å². The van der Waals surface area contributed by atoms with Crippen LogP contribution in [0.15, 0.2) is 36.5 Å². The molecule has 0 heterocycles. The number of benzene rings is 1. The van der Waals surface area contributed by atoms with Crippen LogP contribution in [-0.2, 0) is 11.3 Å². The number of nitrogens with zero attached hydrogens (tertiary/aromatic N) is 1. The molecule has 0 saturated carbocycles. The normalized spacial score (nSPS) is 14.2. The molecule has 0 spiro atoms. The van der Waals surface area contributed by atoms with Gasteiger partial charge in [-0.1, -0.05) is 13.0 Å². The monoisotopic (exact) mass is 300 g/mol. The van der Waals surface area contributed by atoms with Crippen molar-refractivity contribution in [3.05, 3.63) is 36.5 Å². The molecule has 0 aliphatic carbocycles. The summed E-state index contributed by atoms with van der Waals surface area (Å²) in [6.07, 6.45) is 3.01. The molecule has 0 aliphatic rings. The molecule has 0 radical (unpaired) electrons. The Labute approximate surface area is 120 Å². The third-order valence-corrected chi connectivity index (χ3v) is 3.04. The van der Waals surface area contributed by atoms with Crippen LogP contribution in [0.25, 0.3) is 0 Å². The van der Waals surface area contributed by atoms with Gasteiger partial charge < -0.3 is 19.5 Å².